The number of carbonyl (C=O) groups is 1. The van der Waals surface area contributed by atoms with Crippen molar-refractivity contribution in [2.24, 2.45) is 0 Å². The van der Waals surface area contributed by atoms with Crippen molar-refractivity contribution in [1.29, 1.82) is 0 Å². The van der Waals surface area contributed by atoms with Gasteiger partial charge in [-0.15, -0.1) is 11.3 Å². The maximum atomic E-state index is 11.8. The molecule has 0 unspecified atom stereocenters. The molecule has 3 nitrogen and oxygen atoms in total. The lowest BCUT2D eigenvalue weighted by atomic mass is 10.2. The number of halogens is 2. The van der Waals surface area contributed by atoms with E-state index in [-0.39, 0.29) is 12.4 Å². The van der Waals surface area contributed by atoms with E-state index in [9.17, 15) is 4.79 Å². The van der Waals surface area contributed by atoms with E-state index in [1.165, 1.54) is 11.3 Å². The van der Waals surface area contributed by atoms with Gasteiger partial charge in [-0.2, -0.15) is 0 Å². The second-order valence-corrected chi connectivity index (χ2v) is 7.08. The van der Waals surface area contributed by atoms with E-state index in [2.05, 4.69) is 38.8 Å². The maximum absolute atomic E-state index is 11.8. The average molecular weight is 386 g/mol. The molecule has 17 heavy (non-hydrogen) atoms. The van der Waals surface area contributed by atoms with Crippen molar-refractivity contribution < 1.29 is 14.3 Å². The highest BCUT2D eigenvalue weighted by Crippen LogP contribution is 2.32. The summed E-state index contributed by atoms with van der Waals surface area (Å²) in [4.78, 5) is 11.8. The number of rotatable bonds is 8. The van der Waals surface area contributed by atoms with Crippen molar-refractivity contribution in [3.05, 3.63) is 19.2 Å². The summed E-state index contributed by atoms with van der Waals surface area (Å²) in [6, 6.07) is 1.80. The van der Waals surface area contributed by atoms with E-state index in [0.717, 1.165) is 20.6 Å². The Morgan fingerprint density at radius 2 is 2.00 bits per heavy atom. The standard InChI is InChI=1S/C11H14Br2O3S/c1-2-3-15-4-5-16-7-9(14)8-6-10(12)17-11(8)13/h6H,2-5,7H2,1H3. The molecule has 0 aliphatic heterocycles. The van der Waals surface area contributed by atoms with Gasteiger partial charge in [-0.25, -0.2) is 0 Å². The van der Waals surface area contributed by atoms with Crippen LogP contribution in [0.3, 0.4) is 0 Å². The van der Waals surface area contributed by atoms with Crippen molar-refractivity contribution in [2.75, 3.05) is 26.4 Å². The van der Waals surface area contributed by atoms with Gasteiger partial charge in [0, 0.05) is 12.2 Å². The smallest absolute Gasteiger partial charge is 0.190 e. The summed E-state index contributed by atoms with van der Waals surface area (Å²) in [6.07, 6.45) is 0.995. The minimum absolute atomic E-state index is 0.0192. The summed E-state index contributed by atoms with van der Waals surface area (Å²) in [6.45, 7) is 3.87. The van der Waals surface area contributed by atoms with Crippen LogP contribution in [0, 0.1) is 0 Å². The molecule has 0 radical (unpaired) electrons. The molecule has 96 valence electrons. The number of thiophene rings is 1. The zero-order valence-corrected chi connectivity index (χ0v) is 13.5. The van der Waals surface area contributed by atoms with Crippen LogP contribution in [0.15, 0.2) is 13.6 Å². The van der Waals surface area contributed by atoms with Gasteiger partial charge in [0.25, 0.3) is 0 Å². The van der Waals surface area contributed by atoms with Gasteiger partial charge in [0.1, 0.15) is 6.61 Å². The van der Waals surface area contributed by atoms with E-state index in [0.29, 0.717) is 18.8 Å². The van der Waals surface area contributed by atoms with Crippen LogP contribution in [0.5, 0.6) is 0 Å². The number of hydrogen-bond donors (Lipinski definition) is 0. The van der Waals surface area contributed by atoms with Crippen molar-refractivity contribution in [3.8, 4) is 0 Å². The molecule has 1 aromatic heterocycles. The summed E-state index contributed by atoms with van der Waals surface area (Å²) in [5.41, 5.74) is 0.663. The molecule has 0 saturated heterocycles. The first-order chi connectivity index (χ1) is 8.15. The zero-order chi connectivity index (χ0) is 12.7. The molecule has 1 heterocycles. The van der Waals surface area contributed by atoms with Crippen molar-refractivity contribution in [2.45, 2.75) is 13.3 Å². The predicted octanol–water partition coefficient (Wildman–Crippen LogP) is 3.90. The SMILES string of the molecule is CCCOCCOCC(=O)c1cc(Br)sc1Br. The third kappa shape index (κ3) is 5.61. The minimum atomic E-state index is -0.0192. The van der Waals surface area contributed by atoms with Gasteiger partial charge in [-0.1, -0.05) is 6.92 Å². The van der Waals surface area contributed by atoms with Gasteiger partial charge < -0.3 is 9.47 Å². The summed E-state index contributed by atoms with van der Waals surface area (Å²) in [5, 5.41) is 0. The molecule has 0 fully saturated rings. The molecule has 0 atom stereocenters. The Labute approximate surface area is 122 Å². The van der Waals surface area contributed by atoms with Gasteiger partial charge in [0.2, 0.25) is 0 Å². The second-order valence-electron chi connectivity index (χ2n) is 3.33. The molecule has 0 amide bonds. The Bertz CT molecular complexity index is 366. The van der Waals surface area contributed by atoms with Crippen LogP contribution in [0.2, 0.25) is 0 Å². The van der Waals surface area contributed by atoms with Gasteiger partial charge in [0.15, 0.2) is 5.78 Å². The Morgan fingerprint density at radius 3 is 2.59 bits per heavy atom. The lowest BCUT2D eigenvalue weighted by Gasteiger charge is -2.04. The van der Waals surface area contributed by atoms with Gasteiger partial charge in [-0.3, -0.25) is 4.79 Å². The fourth-order valence-electron chi connectivity index (χ4n) is 1.14. The monoisotopic (exact) mass is 384 g/mol. The number of hydrogen-bond acceptors (Lipinski definition) is 4. The summed E-state index contributed by atoms with van der Waals surface area (Å²) in [5.74, 6) is -0.0192. The highest BCUT2D eigenvalue weighted by molar-refractivity contribution is 9.12. The first kappa shape index (κ1) is 15.3. The Hall–Kier alpha value is 0.250. The topological polar surface area (TPSA) is 35.5 Å². The molecule has 0 aliphatic rings. The molecule has 0 aliphatic carbocycles. The molecule has 0 aromatic carbocycles. The molecule has 0 spiro atoms. The normalized spacial score (nSPS) is 10.8. The summed E-state index contributed by atoms with van der Waals surface area (Å²) < 4.78 is 12.3. The summed E-state index contributed by atoms with van der Waals surface area (Å²) in [7, 11) is 0. The van der Waals surface area contributed by atoms with E-state index >= 15 is 0 Å². The molecular weight excluding hydrogens is 372 g/mol. The average Bonchev–Trinajstić information content (AvgIpc) is 2.62. The first-order valence-corrected chi connectivity index (χ1v) is 7.69. The number of ether oxygens (including phenoxy) is 2. The van der Waals surface area contributed by atoms with Crippen LogP contribution in [0.25, 0.3) is 0 Å². The first-order valence-electron chi connectivity index (χ1n) is 5.28. The van der Waals surface area contributed by atoms with E-state index in [1.54, 1.807) is 6.07 Å². The zero-order valence-electron chi connectivity index (χ0n) is 9.50. The number of Topliss-reactive ketones (excluding diaryl/α,β-unsaturated/α-hetero) is 1. The molecule has 1 aromatic rings. The molecular formula is C11H14Br2O3S. The molecule has 1 rings (SSSR count). The van der Waals surface area contributed by atoms with E-state index in [4.69, 9.17) is 9.47 Å². The second kappa shape index (κ2) is 8.37. The molecule has 6 heteroatoms. The summed E-state index contributed by atoms with van der Waals surface area (Å²) >= 11 is 8.17. The van der Waals surface area contributed by atoms with Crippen LogP contribution < -0.4 is 0 Å². The van der Waals surface area contributed by atoms with Crippen LogP contribution in [0.4, 0.5) is 0 Å². The fourth-order valence-corrected chi connectivity index (χ4v) is 3.99. The fraction of sp³-hybridized carbons (Fsp3) is 0.545. The Morgan fingerprint density at radius 1 is 1.29 bits per heavy atom. The third-order valence-corrected chi connectivity index (χ3v) is 4.25. The van der Waals surface area contributed by atoms with Crippen LogP contribution in [-0.2, 0) is 9.47 Å². The quantitative estimate of drug-likeness (QED) is 0.502. The maximum Gasteiger partial charge on any atom is 0.190 e. The molecule has 0 saturated carbocycles. The number of carbonyl (C=O) groups excluding carboxylic acids is 1. The Balaban J connectivity index is 2.23. The highest BCUT2D eigenvalue weighted by Gasteiger charge is 2.13. The Kier molecular flexibility index (Phi) is 7.54. The largest absolute Gasteiger partial charge is 0.379 e. The van der Waals surface area contributed by atoms with Gasteiger partial charge in [0.05, 0.1) is 20.8 Å². The van der Waals surface area contributed by atoms with Gasteiger partial charge in [-0.05, 0) is 44.3 Å². The van der Waals surface area contributed by atoms with Crippen molar-refractivity contribution in [1.82, 2.24) is 0 Å². The lowest BCUT2D eigenvalue weighted by Crippen LogP contribution is -2.12. The van der Waals surface area contributed by atoms with Crippen LogP contribution in [-0.4, -0.2) is 32.2 Å². The van der Waals surface area contributed by atoms with Crippen molar-refractivity contribution in [3.63, 3.8) is 0 Å². The lowest BCUT2D eigenvalue weighted by molar-refractivity contribution is 0.0441. The van der Waals surface area contributed by atoms with Gasteiger partial charge >= 0.3 is 0 Å². The molecule has 0 N–H and O–H groups in total. The number of ketones is 1. The van der Waals surface area contributed by atoms with Crippen molar-refractivity contribution >= 4 is 49.0 Å². The van der Waals surface area contributed by atoms with E-state index < -0.39 is 0 Å². The molecule has 0 bridgehead atoms. The van der Waals surface area contributed by atoms with Crippen LogP contribution >= 0.6 is 43.2 Å². The highest BCUT2D eigenvalue weighted by atomic mass is 79.9. The third-order valence-electron chi connectivity index (χ3n) is 1.91. The minimum Gasteiger partial charge on any atom is -0.379 e. The van der Waals surface area contributed by atoms with E-state index in [1.807, 2.05) is 0 Å². The predicted molar refractivity (Wildman–Crippen MR) is 76.0 cm³/mol. The van der Waals surface area contributed by atoms with Crippen LogP contribution in [0.1, 0.15) is 23.7 Å².